The Hall–Kier alpha value is -5.42. The lowest BCUT2D eigenvalue weighted by atomic mass is 9.69. The lowest BCUT2D eigenvalue weighted by Crippen LogP contribution is -2.31. The molecule has 1 aliphatic heterocycles. The minimum absolute atomic E-state index is 0.0128. The molecule has 0 aromatic heterocycles. The van der Waals surface area contributed by atoms with E-state index < -0.39 is 52.5 Å². The molecule has 1 saturated heterocycles. The SMILES string of the molecule is CC1CCC(C2CCC(C(=O)Oc3cc(F)c(F)c(F)c3)CC2)CC1.CC1CCC(C2CCC(C(=O)Oc3ccc(F)c(F)c3)CC2)CC1.CC1CCC(C2CCC(C(=O)Oc3ccc(F)cc3)CC2)CC1.CC1COC(CCC2CCC(c3cc(F)c(F)c(F)c3)CC2)OC1. The summed E-state index contributed by atoms with van der Waals surface area (Å²) in [6.45, 7) is 10.6. The topological polar surface area (TPSA) is 97.4 Å². The number of hydrogen-bond donors (Lipinski definition) is 0. The lowest BCUT2D eigenvalue weighted by Gasteiger charge is -2.36. The average Bonchev–Trinajstić information content (AvgIpc) is 1.38. The zero-order valence-electron chi connectivity index (χ0n) is 56.9. The van der Waals surface area contributed by atoms with Gasteiger partial charge in [0.1, 0.15) is 23.1 Å². The highest BCUT2D eigenvalue weighted by Gasteiger charge is 2.37. The van der Waals surface area contributed by atoms with Gasteiger partial charge in [0.2, 0.25) is 0 Å². The Labute approximate surface area is 563 Å². The van der Waals surface area contributed by atoms with Crippen LogP contribution in [0.15, 0.2) is 66.7 Å². The number of ether oxygens (including phenoxy) is 5. The highest BCUT2D eigenvalue weighted by atomic mass is 19.2. The molecule has 4 aromatic rings. The van der Waals surface area contributed by atoms with Gasteiger partial charge >= 0.3 is 17.9 Å². The van der Waals surface area contributed by atoms with Crippen molar-refractivity contribution in [3.05, 3.63) is 125 Å². The van der Waals surface area contributed by atoms with Crippen LogP contribution in [0.4, 0.5) is 39.5 Å². The van der Waals surface area contributed by atoms with Crippen LogP contribution in [-0.2, 0) is 23.9 Å². The van der Waals surface area contributed by atoms with E-state index in [1.54, 1.807) is 0 Å². The number of esters is 3. The van der Waals surface area contributed by atoms with Crippen LogP contribution in [0.25, 0.3) is 0 Å². The summed E-state index contributed by atoms with van der Waals surface area (Å²) in [6.07, 6.45) is 33.2. The van der Waals surface area contributed by atoms with Gasteiger partial charge in [-0.2, -0.15) is 0 Å². The van der Waals surface area contributed by atoms with E-state index in [9.17, 15) is 53.9 Å². The maximum absolute atomic E-state index is 13.4. The minimum Gasteiger partial charge on any atom is -0.426 e. The molecule has 96 heavy (non-hydrogen) atoms. The van der Waals surface area contributed by atoms with E-state index >= 15 is 0 Å². The van der Waals surface area contributed by atoms with Crippen LogP contribution >= 0.6 is 0 Å². The zero-order valence-corrected chi connectivity index (χ0v) is 56.9. The summed E-state index contributed by atoms with van der Waals surface area (Å²) in [5.74, 6) is -2.59. The molecular formula is C79H103F9O8. The van der Waals surface area contributed by atoms with Crippen molar-refractivity contribution in [2.45, 2.75) is 233 Å². The first-order valence-electron chi connectivity index (χ1n) is 36.5. The van der Waals surface area contributed by atoms with Gasteiger partial charge in [0.05, 0.1) is 31.0 Å². The van der Waals surface area contributed by atoms with Crippen molar-refractivity contribution >= 4 is 17.9 Å². The standard InChI is InChI=1S/C20H25F3O2.C20H26F2O2.C20H27FO2.C19H25F3O2/c1-12-2-4-13(5-3-12)14-6-8-15(9-7-14)20(24)25-16-10-17(21)19(23)18(22)11-16;1-13-2-4-14(5-3-13)15-6-8-16(9-7-15)20(23)24-17-10-11-18(21)19(22)12-17;1-14-2-4-15(5-3-14)16-6-8-17(9-7-16)20(22)23-19-12-10-18(21)11-13-19;1-12-10-23-18(24-11-12)7-4-13-2-5-14(6-3-13)15-8-16(20)19(22)17(21)9-15/h10-15H,2-9H2,1H3;10-16H,2-9H2,1H3;10-17H,2-9H2,1H3;8-9,12-14,18H,2-7,10-11H2,1H3. The van der Waals surface area contributed by atoms with Gasteiger partial charge in [-0.1, -0.05) is 66.2 Å². The number of benzene rings is 4. The molecule has 0 unspecified atom stereocenters. The van der Waals surface area contributed by atoms with Crippen molar-refractivity contribution in [1.82, 2.24) is 0 Å². The predicted octanol–water partition coefficient (Wildman–Crippen LogP) is 21.7. The van der Waals surface area contributed by atoms with Crippen LogP contribution in [0.2, 0.25) is 0 Å². The fourth-order valence-corrected chi connectivity index (χ4v) is 16.8. The molecule has 8 nitrogen and oxygen atoms in total. The Morgan fingerprint density at radius 2 is 0.677 bits per heavy atom. The van der Waals surface area contributed by atoms with Crippen molar-refractivity contribution in [2.75, 3.05) is 13.2 Å². The monoisotopic (exact) mass is 1350 g/mol. The number of carbonyl (C=O) groups excluding carboxylic acids is 3. The van der Waals surface area contributed by atoms with E-state index in [1.165, 1.54) is 107 Å². The average molecular weight is 1350 g/mol. The first-order valence-corrected chi connectivity index (χ1v) is 36.5. The highest BCUT2D eigenvalue weighted by molar-refractivity contribution is 5.76. The minimum atomic E-state index is -1.55. The third-order valence-electron chi connectivity index (χ3n) is 23.1. The first-order chi connectivity index (χ1) is 46.1. The van der Waals surface area contributed by atoms with Gasteiger partial charge in [0, 0.05) is 24.1 Å². The van der Waals surface area contributed by atoms with Gasteiger partial charge < -0.3 is 23.7 Å². The normalized spacial score (nSPS) is 30.9. The van der Waals surface area contributed by atoms with E-state index in [0.717, 1.165) is 200 Å². The summed E-state index contributed by atoms with van der Waals surface area (Å²) < 4.78 is 145. The van der Waals surface area contributed by atoms with Crippen molar-refractivity contribution in [2.24, 2.45) is 82.9 Å². The maximum Gasteiger partial charge on any atom is 0.314 e. The van der Waals surface area contributed by atoms with Crippen LogP contribution in [0, 0.1) is 135 Å². The number of hydrogen-bond acceptors (Lipinski definition) is 8. The molecule has 0 amide bonds. The van der Waals surface area contributed by atoms with Gasteiger partial charge in [0.25, 0.3) is 0 Å². The molecule has 0 radical (unpaired) electrons. The van der Waals surface area contributed by atoms with Gasteiger partial charge in [-0.05, 0) is 273 Å². The van der Waals surface area contributed by atoms with Crippen molar-refractivity contribution in [3.63, 3.8) is 0 Å². The molecule has 8 aliphatic rings. The largest absolute Gasteiger partial charge is 0.426 e. The molecule has 12 rings (SSSR count). The van der Waals surface area contributed by atoms with Crippen molar-refractivity contribution < 1.29 is 77.6 Å². The van der Waals surface area contributed by atoms with Crippen LogP contribution in [0.5, 0.6) is 17.2 Å². The van der Waals surface area contributed by atoms with E-state index in [4.69, 9.17) is 23.7 Å². The molecule has 0 N–H and O–H groups in total. The molecule has 0 bridgehead atoms. The first kappa shape index (κ1) is 74.8. The molecule has 17 heteroatoms. The second-order valence-electron chi connectivity index (χ2n) is 30.2. The van der Waals surface area contributed by atoms with Gasteiger partial charge in [0.15, 0.2) is 52.8 Å². The highest BCUT2D eigenvalue weighted by Crippen LogP contribution is 2.46. The number of carbonyl (C=O) groups is 3. The molecule has 530 valence electrons. The van der Waals surface area contributed by atoms with Gasteiger partial charge in [-0.3, -0.25) is 14.4 Å². The molecule has 0 atom stereocenters. The van der Waals surface area contributed by atoms with Crippen LogP contribution in [0.3, 0.4) is 0 Å². The summed E-state index contributed by atoms with van der Waals surface area (Å²) in [4.78, 5) is 36.8. The maximum atomic E-state index is 13.4. The van der Waals surface area contributed by atoms with E-state index in [-0.39, 0.29) is 59.2 Å². The Bertz CT molecular complexity index is 3020. The van der Waals surface area contributed by atoms with Crippen LogP contribution < -0.4 is 14.2 Å². The fraction of sp³-hybridized carbons (Fsp3) is 0.658. The molecule has 7 saturated carbocycles. The third kappa shape index (κ3) is 22.3. The summed E-state index contributed by atoms with van der Waals surface area (Å²) in [5.41, 5.74) is 0.581. The van der Waals surface area contributed by atoms with Crippen molar-refractivity contribution in [3.8, 4) is 17.2 Å². The molecule has 7 aliphatic carbocycles. The molecule has 1 heterocycles. The zero-order chi connectivity index (χ0) is 68.4. The van der Waals surface area contributed by atoms with E-state index in [0.29, 0.717) is 41.2 Å². The number of rotatable bonds is 13. The van der Waals surface area contributed by atoms with Crippen LogP contribution in [0.1, 0.15) is 232 Å². The lowest BCUT2D eigenvalue weighted by molar-refractivity contribution is -0.201. The van der Waals surface area contributed by atoms with Gasteiger partial charge in [-0.15, -0.1) is 0 Å². The van der Waals surface area contributed by atoms with E-state index in [1.807, 2.05) is 0 Å². The Balaban J connectivity index is 0.000000150. The summed E-state index contributed by atoms with van der Waals surface area (Å²) in [6, 6.07) is 12.6. The molecule has 8 fully saturated rings. The quantitative estimate of drug-likeness (QED) is 0.0565. The third-order valence-corrected chi connectivity index (χ3v) is 23.1. The summed E-state index contributed by atoms with van der Waals surface area (Å²) >= 11 is 0. The second kappa shape index (κ2) is 36.6. The molecule has 0 spiro atoms. The Morgan fingerprint density at radius 1 is 0.344 bits per heavy atom. The van der Waals surface area contributed by atoms with Crippen LogP contribution in [-0.4, -0.2) is 37.4 Å². The Kier molecular flexibility index (Phi) is 28.5. The van der Waals surface area contributed by atoms with Crippen molar-refractivity contribution in [1.29, 1.82) is 0 Å². The van der Waals surface area contributed by atoms with Gasteiger partial charge in [-0.25, -0.2) is 39.5 Å². The fourth-order valence-electron chi connectivity index (χ4n) is 16.8. The second-order valence-corrected chi connectivity index (χ2v) is 30.2. The molecule has 4 aromatic carbocycles. The van der Waals surface area contributed by atoms with E-state index in [2.05, 4.69) is 27.7 Å². The predicted molar refractivity (Wildman–Crippen MR) is 351 cm³/mol. The number of halogens is 9. The smallest absolute Gasteiger partial charge is 0.314 e. The summed E-state index contributed by atoms with van der Waals surface area (Å²) in [7, 11) is 0. The Morgan fingerprint density at radius 3 is 1.06 bits per heavy atom. The summed E-state index contributed by atoms with van der Waals surface area (Å²) in [5, 5.41) is 0. The molecular weight excluding hydrogens is 1250 g/mol.